The van der Waals surface area contributed by atoms with Gasteiger partial charge in [-0.05, 0) is 77.9 Å². The smallest absolute Gasteiger partial charge is 0.264 e. The lowest BCUT2D eigenvalue weighted by molar-refractivity contribution is -0.115. The normalized spacial score (nSPS) is 15.8. The van der Waals surface area contributed by atoms with E-state index >= 15 is 0 Å². The molecule has 0 saturated carbocycles. The standard InChI is InChI=1S/C25H21BrN2O3S/c1-16-3-12-22(30-2)21(13-16)27-25-28-24(29)23(32-25)14-17-6-10-20(11-7-17)31-15-18-4-8-19(26)9-5-18/h3-14H,15H2,1-2H3,(H,27,28,29)/b23-14-. The van der Waals surface area contributed by atoms with Crippen LogP contribution in [-0.2, 0) is 11.4 Å². The number of carbonyl (C=O) groups is 1. The lowest BCUT2D eigenvalue weighted by atomic mass is 10.2. The summed E-state index contributed by atoms with van der Waals surface area (Å²) in [6.45, 7) is 2.48. The molecule has 4 rings (SSSR count). The molecule has 0 unspecified atom stereocenters. The summed E-state index contributed by atoms with van der Waals surface area (Å²) in [5, 5.41) is 3.35. The molecule has 0 aliphatic carbocycles. The minimum atomic E-state index is -0.170. The maximum absolute atomic E-state index is 12.4. The van der Waals surface area contributed by atoms with Crippen LogP contribution in [0.1, 0.15) is 16.7 Å². The second kappa shape index (κ2) is 10.1. The second-order valence-corrected chi connectivity index (χ2v) is 9.09. The number of nitrogens with zero attached hydrogens (tertiary/aromatic N) is 1. The third-order valence-electron chi connectivity index (χ3n) is 4.70. The SMILES string of the molecule is COc1ccc(C)cc1N=C1NC(=O)/C(=C/c2ccc(OCc3ccc(Br)cc3)cc2)S1. The van der Waals surface area contributed by atoms with Crippen LogP contribution in [0.3, 0.4) is 0 Å². The Morgan fingerprint density at radius 3 is 2.53 bits per heavy atom. The van der Waals surface area contributed by atoms with Gasteiger partial charge < -0.3 is 14.8 Å². The maximum Gasteiger partial charge on any atom is 0.264 e. The molecule has 5 nitrogen and oxygen atoms in total. The Morgan fingerprint density at radius 1 is 1.06 bits per heavy atom. The van der Waals surface area contributed by atoms with Gasteiger partial charge in [0.05, 0.1) is 12.0 Å². The molecule has 0 radical (unpaired) electrons. The average molecular weight is 509 g/mol. The predicted molar refractivity (Wildman–Crippen MR) is 133 cm³/mol. The number of aryl methyl sites for hydroxylation is 1. The van der Waals surface area contributed by atoms with Crippen LogP contribution in [0.4, 0.5) is 5.69 Å². The first-order valence-electron chi connectivity index (χ1n) is 9.92. The number of hydrogen-bond donors (Lipinski definition) is 1. The monoisotopic (exact) mass is 508 g/mol. The summed E-state index contributed by atoms with van der Waals surface area (Å²) >= 11 is 4.74. The number of amidine groups is 1. The second-order valence-electron chi connectivity index (χ2n) is 7.14. The summed E-state index contributed by atoms with van der Waals surface area (Å²) in [5.74, 6) is 1.26. The summed E-state index contributed by atoms with van der Waals surface area (Å²) in [5.41, 5.74) is 3.75. The number of amides is 1. The maximum atomic E-state index is 12.4. The molecule has 3 aromatic rings. The van der Waals surface area contributed by atoms with Gasteiger partial charge in [0.2, 0.25) is 0 Å². The Kier molecular flexibility index (Phi) is 6.97. The van der Waals surface area contributed by atoms with Gasteiger partial charge in [0.15, 0.2) is 5.17 Å². The lowest BCUT2D eigenvalue weighted by Gasteiger charge is -2.07. The number of carbonyl (C=O) groups excluding carboxylic acids is 1. The number of aliphatic imine (C=N–C) groups is 1. The van der Waals surface area contributed by atoms with Crippen molar-refractivity contribution in [3.8, 4) is 11.5 Å². The van der Waals surface area contributed by atoms with Gasteiger partial charge in [-0.25, -0.2) is 4.99 Å². The van der Waals surface area contributed by atoms with Gasteiger partial charge in [0.25, 0.3) is 5.91 Å². The van der Waals surface area contributed by atoms with E-state index in [0.29, 0.717) is 28.1 Å². The zero-order valence-electron chi connectivity index (χ0n) is 17.6. The Labute approximate surface area is 199 Å². The largest absolute Gasteiger partial charge is 0.494 e. The van der Waals surface area contributed by atoms with Gasteiger partial charge in [0.1, 0.15) is 23.8 Å². The zero-order valence-corrected chi connectivity index (χ0v) is 20.0. The van der Waals surface area contributed by atoms with Crippen molar-refractivity contribution in [2.45, 2.75) is 13.5 Å². The number of benzene rings is 3. The molecule has 1 amide bonds. The van der Waals surface area contributed by atoms with Crippen molar-refractivity contribution in [2.75, 3.05) is 7.11 Å². The first-order valence-corrected chi connectivity index (χ1v) is 11.5. The lowest BCUT2D eigenvalue weighted by Crippen LogP contribution is -2.19. The molecule has 1 saturated heterocycles. The number of halogens is 1. The summed E-state index contributed by atoms with van der Waals surface area (Å²) in [4.78, 5) is 17.6. The Bertz CT molecular complexity index is 1190. The number of thioether (sulfide) groups is 1. The minimum absolute atomic E-state index is 0.170. The Balaban J connectivity index is 1.43. The van der Waals surface area contributed by atoms with Crippen LogP contribution in [0.2, 0.25) is 0 Å². The number of nitrogens with one attached hydrogen (secondary N) is 1. The molecule has 0 aromatic heterocycles. The highest BCUT2D eigenvalue weighted by Gasteiger charge is 2.24. The molecule has 1 aliphatic heterocycles. The van der Waals surface area contributed by atoms with Crippen molar-refractivity contribution in [3.63, 3.8) is 0 Å². The zero-order chi connectivity index (χ0) is 22.5. The van der Waals surface area contributed by atoms with E-state index in [4.69, 9.17) is 9.47 Å². The van der Waals surface area contributed by atoms with Crippen molar-refractivity contribution in [2.24, 2.45) is 4.99 Å². The number of rotatable bonds is 6. The molecule has 32 heavy (non-hydrogen) atoms. The number of hydrogen-bond acceptors (Lipinski definition) is 5. The van der Waals surface area contributed by atoms with Gasteiger partial charge in [0, 0.05) is 4.47 Å². The third kappa shape index (κ3) is 5.60. The summed E-state index contributed by atoms with van der Waals surface area (Å²) < 4.78 is 12.2. The van der Waals surface area contributed by atoms with Crippen LogP contribution in [0.15, 0.2) is 81.1 Å². The van der Waals surface area contributed by atoms with Crippen molar-refractivity contribution in [1.29, 1.82) is 0 Å². The fraction of sp³-hybridized carbons (Fsp3) is 0.120. The van der Waals surface area contributed by atoms with E-state index in [1.165, 1.54) is 11.8 Å². The van der Waals surface area contributed by atoms with Gasteiger partial charge in [-0.3, -0.25) is 4.79 Å². The topological polar surface area (TPSA) is 59.9 Å². The van der Waals surface area contributed by atoms with Gasteiger partial charge in [-0.2, -0.15) is 0 Å². The molecule has 0 spiro atoms. The average Bonchev–Trinajstić information content (AvgIpc) is 3.13. The van der Waals surface area contributed by atoms with Crippen LogP contribution in [-0.4, -0.2) is 18.2 Å². The van der Waals surface area contributed by atoms with Crippen LogP contribution in [0.25, 0.3) is 6.08 Å². The molecule has 1 heterocycles. The first kappa shape index (κ1) is 22.2. The predicted octanol–water partition coefficient (Wildman–Crippen LogP) is 6.24. The molecule has 7 heteroatoms. The van der Waals surface area contributed by atoms with E-state index < -0.39 is 0 Å². The first-order chi connectivity index (χ1) is 15.5. The molecule has 3 aromatic carbocycles. The summed E-state index contributed by atoms with van der Waals surface area (Å²) in [6.07, 6.45) is 1.84. The van der Waals surface area contributed by atoms with Crippen LogP contribution < -0.4 is 14.8 Å². The van der Waals surface area contributed by atoms with Crippen LogP contribution in [0.5, 0.6) is 11.5 Å². The number of methoxy groups -OCH3 is 1. The summed E-state index contributed by atoms with van der Waals surface area (Å²) in [7, 11) is 1.60. The van der Waals surface area contributed by atoms with E-state index in [1.54, 1.807) is 7.11 Å². The van der Waals surface area contributed by atoms with E-state index in [2.05, 4.69) is 26.2 Å². The molecule has 1 aliphatic rings. The minimum Gasteiger partial charge on any atom is -0.494 e. The highest BCUT2D eigenvalue weighted by molar-refractivity contribution is 9.10. The van der Waals surface area contributed by atoms with E-state index in [1.807, 2.05) is 79.7 Å². The van der Waals surface area contributed by atoms with Crippen molar-refractivity contribution in [3.05, 3.63) is 92.8 Å². The number of ether oxygens (including phenoxy) is 2. The van der Waals surface area contributed by atoms with Crippen LogP contribution in [0, 0.1) is 6.92 Å². The Morgan fingerprint density at radius 2 is 1.81 bits per heavy atom. The molecule has 1 fully saturated rings. The molecule has 0 bridgehead atoms. The van der Waals surface area contributed by atoms with Gasteiger partial charge in [-0.1, -0.05) is 46.3 Å². The highest BCUT2D eigenvalue weighted by Crippen LogP contribution is 2.33. The molecular formula is C25H21BrN2O3S. The van der Waals surface area contributed by atoms with Gasteiger partial charge >= 0.3 is 0 Å². The van der Waals surface area contributed by atoms with Crippen LogP contribution >= 0.6 is 27.7 Å². The Hall–Kier alpha value is -3.03. The van der Waals surface area contributed by atoms with E-state index in [0.717, 1.165) is 26.9 Å². The highest BCUT2D eigenvalue weighted by atomic mass is 79.9. The summed E-state index contributed by atoms with van der Waals surface area (Å²) in [6, 6.07) is 21.4. The van der Waals surface area contributed by atoms with E-state index in [-0.39, 0.29) is 5.91 Å². The van der Waals surface area contributed by atoms with Crippen molar-refractivity contribution >= 4 is 50.5 Å². The van der Waals surface area contributed by atoms with Gasteiger partial charge in [-0.15, -0.1) is 0 Å². The van der Waals surface area contributed by atoms with Crippen molar-refractivity contribution in [1.82, 2.24) is 5.32 Å². The molecule has 0 atom stereocenters. The fourth-order valence-electron chi connectivity index (χ4n) is 3.04. The van der Waals surface area contributed by atoms with E-state index in [9.17, 15) is 4.79 Å². The molecule has 162 valence electrons. The third-order valence-corrected chi connectivity index (χ3v) is 6.14. The van der Waals surface area contributed by atoms with Crippen molar-refractivity contribution < 1.29 is 14.3 Å². The molecule has 1 N–H and O–H groups in total. The quantitative estimate of drug-likeness (QED) is 0.400. The fourth-order valence-corrected chi connectivity index (χ4v) is 4.14. The molecular weight excluding hydrogens is 488 g/mol.